The highest BCUT2D eigenvalue weighted by molar-refractivity contribution is 8.70. The van der Waals surface area contributed by atoms with Crippen LogP contribution in [0.2, 0.25) is 0 Å². The van der Waals surface area contributed by atoms with Crippen molar-refractivity contribution in [3.8, 4) is 0 Å². The second-order valence-electron chi connectivity index (χ2n) is 25.3. The molecule has 92 heavy (non-hydrogen) atoms. The van der Waals surface area contributed by atoms with Gasteiger partial charge in [0.15, 0.2) is 0 Å². The quantitative estimate of drug-likeness (QED) is 0.0418. The van der Waals surface area contributed by atoms with Crippen LogP contribution in [0.15, 0.2) is 0 Å². The van der Waals surface area contributed by atoms with Gasteiger partial charge in [-0.3, -0.25) is 4.79 Å². The Morgan fingerprint density at radius 2 is 0.446 bits per heavy atom. The number of carbonyl (C=O) groups excluding carboxylic acids is 1. The molecule has 0 rings (SSSR count). The van der Waals surface area contributed by atoms with Gasteiger partial charge in [0.2, 0.25) is 39.9 Å². The Bertz CT molecular complexity index is 2050. The predicted molar refractivity (Wildman–Crippen MR) is 438 cm³/mol. The van der Waals surface area contributed by atoms with Gasteiger partial charge in [-0.1, -0.05) is 190 Å². The lowest BCUT2D eigenvalue weighted by molar-refractivity contribution is -0.142. The van der Waals surface area contributed by atoms with Gasteiger partial charge in [0.1, 0.15) is 0 Å². The van der Waals surface area contributed by atoms with Crippen LogP contribution in [0.3, 0.4) is 0 Å². The van der Waals surface area contributed by atoms with E-state index in [0.29, 0.717) is 93.1 Å². The Morgan fingerprint density at radius 3 is 0.609 bits per heavy atom. The number of ether oxygens (including phenoxy) is 1. The summed E-state index contributed by atoms with van der Waals surface area (Å²) in [6.45, 7) is 50.9. The van der Waals surface area contributed by atoms with Gasteiger partial charge in [-0.2, -0.15) is 0 Å². The molecule has 552 valence electrons. The molecule has 37 heteroatoms. The Morgan fingerprint density at radius 1 is 0.283 bits per heavy atom. The van der Waals surface area contributed by atoms with E-state index < -0.39 is 76.5 Å². The van der Waals surface area contributed by atoms with Crippen LogP contribution in [0.1, 0.15) is 166 Å². The summed E-state index contributed by atoms with van der Waals surface area (Å²) in [6, 6.07) is 0. The number of hydrogen-bond acceptors (Lipinski definition) is 30. The maximum Gasteiger partial charge on any atom is 0.306 e. The molecule has 0 amide bonds. The molecular formula is C55H117O16P7S14. The van der Waals surface area contributed by atoms with Crippen molar-refractivity contribution in [2.45, 2.75) is 202 Å². The van der Waals surface area contributed by atoms with Crippen LogP contribution in [0.4, 0.5) is 0 Å². The minimum Gasteiger partial charge on any atom is -0.466 e. The predicted octanol–water partition coefficient (Wildman–Crippen LogP) is 22.5. The summed E-state index contributed by atoms with van der Waals surface area (Å²) in [6.07, 6.45) is -2.59. The zero-order valence-electron chi connectivity index (χ0n) is 59.0. The third-order valence-electron chi connectivity index (χ3n) is 10.0. The van der Waals surface area contributed by atoms with E-state index in [1.54, 1.807) is 6.92 Å². The topological polar surface area (TPSA) is 156 Å². The van der Waals surface area contributed by atoms with E-state index in [4.69, 9.17) is 151 Å². The van der Waals surface area contributed by atoms with Gasteiger partial charge in [0.05, 0.1) is 103 Å². The average molecular weight is 1700 g/mol. The van der Waals surface area contributed by atoms with Gasteiger partial charge >= 0.3 is 5.97 Å². The molecule has 0 heterocycles. The Balaban J connectivity index is 7.20. The molecule has 0 aromatic heterocycles. The van der Waals surface area contributed by atoms with Crippen molar-refractivity contribution in [3.63, 3.8) is 0 Å². The zero-order valence-corrected chi connectivity index (χ0v) is 76.7. The van der Waals surface area contributed by atoms with Gasteiger partial charge in [-0.15, -0.1) is 0 Å². The average Bonchev–Trinajstić information content (AvgIpc) is 2.03. The summed E-state index contributed by atoms with van der Waals surface area (Å²) in [7, 11) is 0. The fourth-order valence-electron chi connectivity index (χ4n) is 5.78. The highest BCUT2D eigenvalue weighted by Gasteiger charge is 2.36. The summed E-state index contributed by atoms with van der Waals surface area (Å²) >= 11 is 53.6. The molecule has 0 saturated carbocycles. The van der Waals surface area contributed by atoms with Crippen LogP contribution in [-0.4, -0.2) is 142 Å². The third-order valence-corrected chi connectivity index (χ3v) is 48.5. The van der Waals surface area contributed by atoms with Gasteiger partial charge in [-0.25, -0.2) is 0 Å². The number of carbonyl (C=O) groups is 1. The molecule has 0 fully saturated rings. The van der Waals surface area contributed by atoms with Gasteiger partial charge in [0, 0.05) is 40.3 Å². The Kier molecular flexibility index (Phi) is 54.5. The molecule has 0 bridgehead atoms. The first-order valence-corrected chi connectivity index (χ1v) is 61.1. The Hall–Kier alpha value is 5.91. The van der Waals surface area contributed by atoms with Gasteiger partial charge in [-0.05, 0) is 178 Å². The maximum absolute atomic E-state index is 12.7. The second-order valence-corrected chi connectivity index (χ2v) is 69.6. The summed E-state index contributed by atoms with van der Waals surface area (Å²) < 4.78 is 96.8. The standard InChI is InChI=1S/C55H117O16P7S14/c1-24-57-55(56)25-26-86-76(83,66-53(22)39-91-77(84,68-49(18)35-87-72(79,58-27-41(2)3)59-28-42(4)5)69-50(19)36-88-73(80,60-29-43(6)7)61-30-44(8)9)67-54(23)40-92-78(85,70-51(20)37-89-74(81,62-31-45(10)11)63-32-46(12)13)71-52(21)38-90-75(82,64-33-47(14)15)65-34-48(16)17/h41-54H,24-40H2,1-23H3. The lowest BCUT2D eigenvalue weighted by Gasteiger charge is -2.32. The molecule has 0 radical (unpaired) electrons. The third kappa shape index (κ3) is 51.2. The van der Waals surface area contributed by atoms with Crippen molar-refractivity contribution in [2.75, 3.05) is 99.7 Å². The molecule has 0 N–H and O–H groups in total. The smallest absolute Gasteiger partial charge is 0.306 e. The van der Waals surface area contributed by atoms with Crippen molar-refractivity contribution in [2.24, 2.45) is 47.3 Å². The molecular weight excluding hydrogens is 1580 g/mol. The van der Waals surface area contributed by atoms with E-state index in [-0.39, 0.29) is 66.3 Å². The fraction of sp³-hybridized carbons (Fsp3) is 0.982. The van der Waals surface area contributed by atoms with Crippen LogP contribution < -0.4 is 0 Å². The first-order chi connectivity index (χ1) is 42.4. The van der Waals surface area contributed by atoms with E-state index in [1.807, 2.05) is 41.5 Å². The molecule has 0 saturated heterocycles. The summed E-state index contributed by atoms with van der Waals surface area (Å²) in [5, 5.41) is 0. The minimum atomic E-state index is -3.26. The van der Waals surface area contributed by atoms with Crippen LogP contribution in [0, 0.1) is 47.3 Å². The SMILES string of the molecule is CCOC(=O)CCSP(=S)(OC(C)CSP(=S)(OC(C)CSP(=S)(OCC(C)C)OCC(C)C)OC(C)CSP(=S)(OCC(C)C)OCC(C)C)OC(C)CSP(=S)(OC(C)CSP(=S)(OCC(C)C)OCC(C)C)OC(C)CSP(=S)(OCC(C)C)OCC(C)C. The molecule has 0 aliphatic carbocycles. The molecule has 6 atom stereocenters. The van der Waals surface area contributed by atoms with Crippen LogP contribution in [0.5, 0.6) is 0 Å². The van der Waals surface area contributed by atoms with Gasteiger partial charge < -0.3 is 68.1 Å². The fourth-order valence-corrected chi connectivity index (χ4v) is 41.0. The first-order valence-electron chi connectivity index (χ1n) is 31.5. The second kappa shape index (κ2) is 51.2. The highest BCUT2D eigenvalue weighted by Crippen LogP contribution is 2.70. The van der Waals surface area contributed by atoms with Crippen LogP contribution in [0.25, 0.3) is 0 Å². The van der Waals surface area contributed by atoms with Crippen molar-refractivity contribution in [1.29, 1.82) is 0 Å². The molecule has 6 unspecified atom stereocenters. The molecule has 0 aromatic rings. The van der Waals surface area contributed by atoms with Crippen LogP contribution in [-0.2, 0) is 156 Å². The summed E-state index contributed by atoms with van der Waals surface area (Å²) in [5.74, 6) is 4.59. The monoisotopic (exact) mass is 1700 g/mol. The maximum atomic E-state index is 12.7. The normalized spacial score (nSPS) is 17.2. The van der Waals surface area contributed by atoms with Gasteiger partial charge in [0.25, 0.3) is 0 Å². The molecule has 16 nitrogen and oxygen atoms in total. The first kappa shape index (κ1) is 97.9. The highest BCUT2D eigenvalue weighted by atomic mass is 32.9. The van der Waals surface area contributed by atoms with Crippen molar-refractivity contribution >= 4 is 208 Å². The minimum absolute atomic E-state index is 0.105. The van der Waals surface area contributed by atoms with Crippen LogP contribution >= 0.6 is 120 Å². The van der Waals surface area contributed by atoms with Crippen molar-refractivity contribution < 1.29 is 72.9 Å². The molecule has 0 aliphatic heterocycles. The van der Waals surface area contributed by atoms with E-state index in [2.05, 4.69) is 111 Å². The Labute approximate surface area is 623 Å². The summed E-state index contributed by atoms with van der Waals surface area (Å²) in [4.78, 5) is 12.7. The van der Waals surface area contributed by atoms with Crippen molar-refractivity contribution in [1.82, 2.24) is 0 Å². The van der Waals surface area contributed by atoms with E-state index in [1.165, 1.54) is 79.7 Å². The molecule has 0 aromatic carbocycles. The lowest BCUT2D eigenvalue weighted by atomic mass is 10.2. The summed E-state index contributed by atoms with van der Waals surface area (Å²) in [5.41, 5.74) is -20.6. The zero-order chi connectivity index (χ0) is 70.7. The largest absolute Gasteiger partial charge is 0.466 e. The van der Waals surface area contributed by atoms with E-state index in [0.717, 1.165) is 0 Å². The number of esters is 1. The number of hydrogen-bond donors (Lipinski definition) is 0. The van der Waals surface area contributed by atoms with E-state index >= 15 is 0 Å². The van der Waals surface area contributed by atoms with Crippen molar-refractivity contribution in [3.05, 3.63) is 0 Å². The molecule has 0 spiro atoms. The van der Waals surface area contributed by atoms with E-state index in [9.17, 15) is 4.79 Å². The lowest BCUT2D eigenvalue weighted by Crippen LogP contribution is -2.18. The molecule has 0 aliphatic rings. The number of rotatable bonds is 59.